The number of benzene rings is 1. The highest BCUT2D eigenvalue weighted by Gasteiger charge is 2.52. The van der Waals surface area contributed by atoms with Crippen LogP contribution in [0, 0.1) is 0 Å². The Morgan fingerprint density at radius 1 is 1.12 bits per heavy atom. The van der Waals surface area contributed by atoms with Gasteiger partial charge in [0.05, 0.1) is 5.56 Å². The Morgan fingerprint density at radius 3 is 2.62 bits per heavy atom. The first-order chi connectivity index (χ1) is 11.7. The minimum Gasteiger partial charge on any atom is -0.451 e. The third-order valence-electron chi connectivity index (χ3n) is 5.05. The van der Waals surface area contributed by atoms with E-state index in [2.05, 4.69) is 6.58 Å². The summed E-state index contributed by atoms with van der Waals surface area (Å²) in [6, 6.07) is 9.00. The van der Waals surface area contributed by atoms with Gasteiger partial charge < -0.3 is 14.2 Å². The number of carbonyl (C=O) groups excluding carboxylic acids is 1. The highest BCUT2D eigenvalue weighted by Crippen LogP contribution is 2.44. The van der Waals surface area contributed by atoms with E-state index in [1.807, 2.05) is 30.4 Å². The zero-order chi connectivity index (χ0) is 16.6. The van der Waals surface area contributed by atoms with Crippen molar-refractivity contribution in [1.29, 1.82) is 0 Å². The van der Waals surface area contributed by atoms with E-state index in [9.17, 15) is 4.79 Å². The van der Waals surface area contributed by atoms with E-state index >= 15 is 0 Å². The molecule has 3 aliphatic rings. The molecule has 24 heavy (non-hydrogen) atoms. The zero-order valence-electron chi connectivity index (χ0n) is 13.6. The van der Waals surface area contributed by atoms with Gasteiger partial charge in [0.2, 0.25) is 0 Å². The summed E-state index contributed by atoms with van der Waals surface area (Å²) in [6.07, 6.45) is 8.11. The van der Waals surface area contributed by atoms with E-state index in [1.54, 1.807) is 12.1 Å². The number of hydrogen-bond donors (Lipinski definition) is 0. The average molecular weight is 326 g/mol. The van der Waals surface area contributed by atoms with Crippen LogP contribution in [-0.2, 0) is 14.2 Å². The van der Waals surface area contributed by atoms with Crippen molar-refractivity contribution in [2.75, 3.05) is 0 Å². The molecule has 1 aromatic rings. The Hall–Kier alpha value is -1.91. The quantitative estimate of drug-likeness (QED) is 0.776. The van der Waals surface area contributed by atoms with Crippen molar-refractivity contribution in [3.05, 3.63) is 60.2 Å². The van der Waals surface area contributed by atoms with Crippen LogP contribution in [0.2, 0.25) is 0 Å². The number of carbonyl (C=O) groups is 1. The molecule has 0 N–H and O–H groups in total. The SMILES string of the molecule is C=C1C=C[C@@H]2OC3(CCCCC3)O[C@H]2[C@@H]1OC(=O)c1ccccc1. The number of rotatable bonds is 2. The molecule has 2 aliphatic carbocycles. The van der Waals surface area contributed by atoms with E-state index in [4.69, 9.17) is 14.2 Å². The van der Waals surface area contributed by atoms with Crippen LogP contribution in [0.3, 0.4) is 0 Å². The van der Waals surface area contributed by atoms with Crippen LogP contribution in [0.5, 0.6) is 0 Å². The number of fused-ring (bicyclic) bond motifs is 1. The Morgan fingerprint density at radius 2 is 1.88 bits per heavy atom. The smallest absolute Gasteiger partial charge is 0.338 e. The van der Waals surface area contributed by atoms with Gasteiger partial charge >= 0.3 is 5.97 Å². The molecule has 1 saturated heterocycles. The molecule has 126 valence electrons. The van der Waals surface area contributed by atoms with Gasteiger partial charge in [-0.05, 0) is 30.5 Å². The van der Waals surface area contributed by atoms with Crippen LogP contribution in [0.25, 0.3) is 0 Å². The predicted molar refractivity (Wildman–Crippen MR) is 89.5 cm³/mol. The summed E-state index contributed by atoms with van der Waals surface area (Å²) in [5.41, 5.74) is 1.28. The first-order valence-corrected chi connectivity index (χ1v) is 8.66. The maximum atomic E-state index is 12.4. The van der Waals surface area contributed by atoms with Crippen LogP contribution in [0.15, 0.2) is 54.6 Å². The van der Waals surface area contributed by atoms with Crippen molar-refractivity contribution in [3.63, 3.8) is 0 Å². The summed E-state index contributed by atoms with van der Waals surface area (Å²) < 4.78 is 18.3. The maximum absolute atomic E-state index is 12.4. The molecule has 4 heteroatoms. The van der Waals surface area contributed by atoms with Crippen LogP contribution in [0.1, 0.15) is 42.5 Å². The second-order valence-electron chi connectivity index (χ2n) is 6.76. The third kappa shape index (κ3) is 2.80. The Balaban J connectivity index is 1.53. The fraction of sp³-hybridized carbons (Fsp3) is 0.450. The topological polar surface area (TPSA) is 44.8 Å². The fourth-order valence-electron chi connectivity index (χ4n) is 3.79. The van der Waals surface area contributed by atoms with Crippen LogP contribution >= 0.6 is 0 Å². The molecule has 0 amide bonds. The van der Waals surface area contributed by atoms with E-state index in [0.717, 1.165) is 31.3 Å². The van der Waals surface area contributed by atoms with Gasteiger partial charge in [-0.1, -0.05) is 43.4 Å². The molecule has 4 nitrogen and oxygen atoms in total. The molecule has 0 aromatic heterocycles. The molecule has 0 bridgehead atoms. The summed E-state index contributed by atoms with van der Waals surface area (Å²) in [5, 5.41) is 0. The van der Waals surface area contributed by atoms with Crippen molar-refractivity contribution < 1.29 is 19.0 Å². The zero-order valence-corrected chi connectivity index (χ0v) is 13.6. The standard InChI is InChI=1S/C20H22O4/c1-14-10-11-16-18(24-20(23-16)12-6-3-7-13-20)17(14)22-19(21)15-8-4-2-5-9-15/h2,4-5,8-11,16-18H,1,3,6-7,12-13H2/t16-,17+,18+/m0/s1. The highest BCUT2D eigenvalue weighted by molar-refractivity contribution is 5.89. The van der Waals surface area contributed by atoms with Crippen molar-refractivity contribution in [1.82, 2.24) is 0 Å². The van der Waals surface area contributed by atoms with E-state index in [0.29, 0.717) is 5.56 Å². The minimum atomic E-state index is -0.514. The monoisotopic (exact) mass is 326 g/mol. The van der Waals surface area contributed by atoms with Gasteiger partial charge in [0.25, 0.3) is 0 Å². The van der Waals surface area contributed by atoms with Gasteiger partial charge in [-0.25, -0.2) is 4.79 Å². The molecule has 0 unspecified atom stereocenters. The maximum Gasteiger partial charge on any atom is 0.338 e. The van der Waals surface area contributed by atoms with Crippen molar-refractivity contribution in [2.45, 2.75) is 56.2 Å². The second kappa shape index (κ2) is 6.19. The molecule has 1 heterocycles. The fourth-order valence-corrected chi connectivity index (χ4v) is 3.79. The third-order valence-corrected chi connectivity index (χ3v) is 5.05. The molecule has 1 aliphatic heterocycles. The lowest BCUT2D eigenvalue weighted by Crippen LogP contribution is -2.41. The molecule has 1 saturated carbocycles. The molecule has 1 spiro atoms. The number of ether oxygens (including phenoxy) is 3. The molecule has 4 rings (SSSR count). The Labute approximate surface area is 142 Å². The molecule has 1 aromatic carbocycles. The first-order valence-electron chi connectivity index (χ1n) is 8.66. The summed E-state index contributed by atoms with van der Waals surface area (Å²) in [6.45, 7) is 4.04. The second-order valence-corrected chi connectivity index (χ2v) is 6.76. The molecular weight excluding hydrogens is 304 g/mol. The van der Waals surface area contributed by atoms with Crippen LogP contribution < -0.4 is 0 Å². The van der Waals surface area contributed by atoms with E-state index in [1.165, 1.54) is 6.42 Å². The van der Waals surface area contributed by atoms with Gasteiger partial charge in [-0.15, -0.1) is 0 Å². The number of hydrogen-bond acceptors (Lipinski definition) is 4. The Kier molecular flexibility index (Phi) is 4.02. The summed E-state index contributed by atoms with van der Waals surface area (Å²) in [7, 11) is 0. The first kappa shape index (κ1) is 15.6. The molecule has 2 fully saturated rings. The van der Waals surface area contributed by atoms with Gasteiger partial charge in [-0.3, -0.25) is 0 Å². The average Bonchev–Trinajstić information content (AvgIpc) is 2.96. The van der Waals surface area contributed by atoms with Crippen LogP contribution in [0.4, 0.5) is 0 Å². The lowest BCUT2D eigenvalue weighted by atomic mass is 9.94. The highest BCUT2D eigenvalue weighted by atomic mass is 16.8. The lowest BCUT2D eigenvalue weighted by molar-refractivity contribution is -0.196. The summed E-state index contributed by atoms with van der Waals surface area (Å²) in [5.74, 6) is -0.871. The van der Waals surface area contributed by atoms with Crippen molar-refractivity contribution >= 4 is 5.97 Å². The Bertz CT molecular complexity index is 657. The summed E-state index contributed by atoms with van der Waals surface area (Å²) in [4.78, 5) is 12.4. The molecular formula is C20H22O4. The number of esters is 1. The summed E-state index contributed by atoms with van der Waals surface area (Å²) >= 11 is 0. The lowest BCUT2D eigenvalue weighted by Gasteiger charge is -2.32. The molecule has 3 atom stereocenters. The largest absolute Gasteiger partial charge is 0.451 e. The van der Waals surface area contributed by atoms with Gasteiger partial charge in [0.1, 0.15) is 12.2 Å². The molecule has 0 radical (unpaired) electrons. The van der Waals surface area contributed by atoms with Crippen LogP contribution in [-0.4, -0.2) is 30.1 Å². The van der Waals surface area contributed by atoms with E-state index in [-0.39, 0.29) is 18.2 Å². The van der Waals surface area contributed by atoms with Gasteiger partial charge in [-0.2, -0.15) is 0 Å². The van der Waals surface area contributed by atoms with Crippen molar-refractivity contribution in [3.8, 4) is 0 Å². The van der Waals surface area contributed by atoms with Crippen molar-refractivity contribution in [2.24, 2.45) is 0 Å². The predicted octanol–water partition coefficient (Wildman–Crippen LogP) is 3.78. The van der Waals surface area contributed by atoms with Gasteiger partial charge in [0, 0.05) is 12.8 Å². The normalized spacial score (nSPS) is 31.0. The minimum absolute atomic E-state index is 0.179. The van der Waals surface area contributed by atoms with E-state index < -0.39 is 11.9 Å². The van der Waals surface area contributed by atoms with Gasteiger partial charge in [0.15, 0.2) is 11.9 Å².